The molecule has 0 fully saturated rings. The lowest BCUT2D eigenvalue weighted by molar-refractivity contribution is 0.105. The van der Waals surface area contributed by atoms with Crippen molar-refractivity contribution in [2.45, 2.75) is 6.10 Å². The number of para-hydroxylation sites is 1. The Kier molecular flexibility index (Phi) is 7.06. The highest BCUT2D eigenvalue weighted by atomic mass is 35.5. The van der Waals surface area contributed by atoms with E-state index in [-0.39, 0.29) is 25.6 Å². The number of pyridine rings is 1. The van der Waals surface area contributed by atoms with Crippen LogP contribution >= 0.6 is 24.0 Å². The third-order valence-corrected chi connectivity index (χ3v) is 4.20. The molecule has 2 aromatic carbocycles. The van der Waals surface area contributed by atoms with Crippen molar-refractivity contribution in [3.05, 3.63) is 53.6 Å². The molecule has 3 aromatic rings. The van der Waals surface area contributed by atoms with Crippen LogP contribution in [-0.4, -0.2) is 41.6 Å². The van der Waals surface area contributed by atoms with E-state index in [0.717, 1.165) is 27.8 Å². The summed E-state index contributed by atoms with van der Waals surface area (Å²) in [4.78, 5) is 4.70. The van der Waals surface area contributed by atoms with Crippen molar-refractivity contribution in [3.8, 4) is 17.0 Å². The van der Waals surface area contributed by atoms with Crippen LogP contribution in [0.5, 0.6) is 5.75 Å². The van der Waals surface area contributed by atoms with E-state index >= 15 is 0 Å². The second kappa shape index (κ2) is 9.05. The van der Waals surface area contributed by atoms with Gasteiger partial charge in [-0.25, -0.2) is 4.98 Å². The number of aromatic nitrogens is 1. The summed E-state index contributed by atoms with van der Waals surface area (Å²) in [5.74, 6) is 0.607. The average molecular weight is 395 g/mol. The first-order valence-corrected chi connectivity index (χ1v) is 8.26. The minimum Gasteiger partial charge on any atom is -0.495 e. The first-order valence-electron chi connectivity index (χ1n) is 7.89. The highest BCUT2D eigenvalue weighted by Gasteiger charge is 2.11. The summed E-state index contributed by atoms with van der Waals surface area (Å²) in [6.45, 7) is -0.0513. The molecular formula is C19H20Cl2N2O3. The predicted molar refractivity (Wildman–Crippen MR) is 108 cm³/mol. The van der Waals surface area contributed by atoms with Crippen LogP contribution < -0.4 is 10.1 Å². The summed E-state index contributed by atoms with van der Waals surface area (Å²) in [6.07, 6.45) is -0.828. The molecule has 3 N–H and O–H groups in total. The van der Waals surface area contributed by atoms with Gasteiger partial charge in [-0.05, 0) is 30.3 Å². The Morgan fingerprint density at radius 1 is 1.19 bits per heavy atom. The van der Waals surface area contributed by atoms with E-state index in [1.165, 1.54) is 0 Å². The van der Waals surface area contributed by atoms with Crippen LogP contribution in [0.4, 0.5) is 5.69 Å². The molecule has 7 heteroatoms. The first-order chi connectivity index (χ1) is 12.1. The number of aliphatic hydroxyl groups excluding tert-OH is 2. The van der Waals surface area contributed by atoms with Gasteiger partial charge >= 0.3 is 0 Å². The monoisotopic (exact) mass is 394 g/mol. The molecule has 0 aliphatic carbocycles. The molecule has 0 saturated carbocycles. The van der Waals surface area contributed by atoms with E-state index in [0.29, 0.717) is 10.8 Å². The molecule has 1 atom stereocenters. The number of fused-ring (bicyclic) bond motifs is 1. The fourth-order valence-electron chi connectivity index (χ4n) is 2.59. The normalized spacial score (nSPS) is 11.7. The molecule has 1 heterocycles. The first kappa shape index (κ1) is 20.3. The maximum absolute atomic E-state index is 9.61. The molecule has 0 spiro atoms. The average Bonchev–Trinajstić information content (AvgIpc) is 2.65. The highest BCUT2D eigenvalue weighted by molar-refractivity contribution is 6.32. The molecule has 3 rings (SSSR count). The van der Waals surface area contributed by atoms with Crippen LogP contribution in [0.25, 0.3) is 22.2 Å². The van der Waals surface area contributed by atoms with Gasteiger partial charge in [0.15, 0.2) is 0 Å². The Morgan fingerprint density at radius 2 is 1.96 bits per heavy atom. The van der Waals surface area contributed by atoms with E-state index in [1.807, 2.05) is 42.5 Å². The number of hydrogen-bond donors (Lipinski definition) is 3. The standard InChI is InChI=1S/C19H19ClN2O3.ClH/c1-25-19-7-6-12(8-15(19)20)17-9-18(21-10-13(24)11-23)14-4-2-3-5-16(14)22-17;/h2-9,13,23-24H,10-11H2,1H3,(H,21,22);1H/t13-;/m0./s1. The molecule has 138 valence electrons. The molecule has 1 aromatic heterocycles. The zero-order valence-corrected chi connectivity index (χ0v) is 15.7. The van der Waals surface area contributed by atoms with Crippen LogP contribution in [0, 0.1) is 0 Å². The minimum atomic E-state index is -0.828. The van der Waals surface area contributed by atoms with Crippen molar-refractivity contribution in [2.75, 3.05) is 25.6 Å². The van der Waals surface area contributed by atoms with Gasteiger partial charge in [0.05, 0.1) is 36.1 Å². The fraction of sp³-hybridized carbons (Fsp3) is 0.211. The number of rotatable bonds is 6. The van der Waals surface area contributed by atoms with Gasteiger partial charge < -0.3 is 20.3 Å². The molecule has 0 saturated heterocycles. The zero-order valence-electron chi connectivity index (χ0n) is 14.1. The summed E-state index contributed by atoms with van der Waals surface area (Å²) in [5.41, 5.74) is 3.28. The number of anilines is 1. The SMILES string of the molecule is COc1ccc(-c2cc(NC[C@H](O)CO)c3ccccc3n2)cc1Cl.Cl. The lowest BCUT2D eigenvalue weighted by Gasteiger charge is -2.14. The van der Waals surface area contributed by atoms with Crippen LogP contribution in [-0.2, 0) is 0 Å². The Hall–Kier alpha value is -2.05. The summed E-state index contributed by atoms with van der Waals surface area (Å²) in [7, 11) is 1.57. The minimum absolute atomic E-state index is 0. The summed E-state index contributed by atoms with van der Waals surface area (Å²) in [5, 5.41) is 23.3. The summed E-state index contributed by atoms with van der Waals surface area (Å²) < 4.78 is 5.19. The van der Waals surface area contributed by atoms with Crippen molar-refractivity contribution in [3.63, 3.8) is 0 Å². The van der Waals surface area contributed by atoms with Crippen molar-refractivity contribution >= 4 is 40.6 Å². The third kappa shape index (κ3) is 4.37. The number of hydrogen-bond acceptors (Lipinski definition) is 5. The molecule has 0 bridgehead atoms. The second-order valence-electron chi connectivity index (χ2n) is 5.64. The predicted octanol–water partition coefficient (Wildman–Crippen LogP) is 3.75. The zero-order chi connectivity index (χ0) is 17.8. The maximum Gasteiger partial charge on any atom is 0.137 e. The van der Waals surface area contributed by atoms with E-state index in [9.17, 15) is 5.11 Å². The van der Waals surface area contributed by atoms with Gasteiger partial charge in [0.1, 0.15) is 5.75 Å². The van der Waals surface area contributed by atoms with Crippen molar-refractivity contribution < 1.29 is 14.9 Å². The Labute approximate surface area is 163 Å². The van der Waals surface area contributed by atoms with Crippen molar-refractivity contribution in [1.82, 2.24) is 4.98 Å². The number of ether oxygens (including phenoxy) is 1. The van der Waals surface area contributed by atoms with Crippen molar-refractivity contribution in [1.29, 1.82) is 0 Å². The smallest absolute Gasteiger partial charge is 0.137 e. The second-order valence-corrected chi connectivity index (χ2v) is 6.05. The van der Waals surface area contributed by atoms with E-state index < -0.39 is 6.10 Å². The quantitative estimate of drug-likeness (QED) is 0.593. The van der Waals surface area contributed by atoms with Crippen LogP contribution in [0.15, 0.2) is 48.5 Å². The third-order valence-electron chi connectivity index (χ3n) is 3.90. The lowest BCUT2D eigenvalue weighted by Crippen LogP contribution is -2.23. The molecule has 0 unspecified atom stereocenters. The van der Waals surface area contributed by atoms with Gasteiger partial charge in [0, 0.05) is 23.2 Å². The number of methoxy groups -OCH3 is 1. The van der Waals surface area contributed by atoms with Gasteiger partial charge in [0.2, 0.25) is 0 Å². The topological polar surface area (TPSA) is 74.6 Å². The van der Waals surface area contributed by atoms with E-state index in [4.69, 9.17) is 26.4 Å². The number of aliphatic hydroxyl groups is 2. The highest BCUT2D eigenvalue weighted by Crippen LogP contribution is 2.32. The molecule has 26 heavy (non-hydrogen) atoms. The molecule has 0 aliphatic rings. The lowest BCUT2D eigenvalue weighted by atomic mass is 10.1. The Morgan fingerprint density at radius 3 is 2.65 bits per heavy atom. The van der Waals surface area contributed by atoms with Gasteiger partial charge in [-0.1, -0.05) is 29.8 Å². The Bertz CT molecular complexity index is 890. The van der Waals surface area contributed by atoms with Crippen LogP contribution in [0.3, 0.4) is 0 Å². The van der Waals surface area contributed by atoms with Gasteiger partial charge in [0.25, 0.3) is 0 Å². The number of benzene rings is 2. The van der Waals surface area contributed by atoms with E-state index in [1.54, 1.807) is 13.2 Å². The van der Waals surface area contributed by atoms with E-state index in [2.05, 4.69) is 5.32 Å². The molecule has 0 radical (unpaired) electrons. The molecule has 0 aliphatic heterocycles. The van der Waals surface area contributed by atoms with Gasteiger partial charge in [-0.2, -0.15) is 0 Å². The van der Waals surface area contributed by atoms with Crippen LogP contribution in [0.1, 0.15) is 0 Å². The van der Waals surface area contributed by atoms with Crippen molar-refractivity contribution in [2.24, 2.45) is 0 Å². The fourth-order valence-corrected chi connectivity index (χ4v) is 2.85. The van der Waals surface area contributed by atoms with Crippen LogP contribution in [0.2, 0.25) is 5.02 Å². The number of halogens is 2. The summed E-state index contributed by atoms with van der Waals surface area (Å²) in [6, 6.07) is 15.2. The molecule has 0 amide bonds. The largest absolute Gasteiger partial charge is 0.495 e. The molecule has 5 nitrogen and oxygen atoms in total. The summed E-state index contributed by atoms with van der Waals surface area (Å²) >= 11 is 6.23. The van der Waals surface area contributed by atoms with Gasteiger partial charge in [-0.3, -0.25) is 0 Å². The van der Waals surface area contributed by atoms with Gasteiger partial charge in [-0.15, -0.1) is 12.4 Å². The molecular weight excluding hydrogens is 375 g/mol. The maximum atomic E-state index is 9.61. The number of nitrogens with zero attached hydrogens (tertiary/aromatic N) is 1. The number of nitrogens with one attached hydrogen (secondary N) is 1. The Balaban J connectivity index is 0.00000243.